The molecule has 5 nitrogen and oxygen atoms in total. The first-order valence-electron chi connectivity index (χ1n) is 9.67. The Morgan fingerprint density at radius 3 is 2.93 bits per heavy atom. The normalized spacial score (nSPS) is 22.1. The van der Waals surface area contributed by atoms with Crippen molar-refractivity contribution in [3.63, 3.8) is 0 Å². The van der Waals surface area contributed by atoms with Crippen molar-refractivity contribution >= 4 is 22.3 Å². The summed E-state index contributed by atoms with van der Waals surface area (Å²) in [5, 5.41) is 0. The highest BCUT2D eigenvalue weighted by molar-refractivity contribution is 7.85. The van der Waals surface area contributed by atoms with Crippen molar-refractivity contribution in [2.24, 2.45) is 4.99 Å². The molecule has 1 aromatic carbocycles. The summed E-state index contributed by atoms with van der Waals surface area (Å²) in [6, 6.07) is 10.5. The van der Waals surface area contributed by atoms with Gasteiger partial charge in [0, 0.05) is 52.7 Å². The highest BCUT2D eigenvalue weighted by Gasteiger charge is 2.25. The summed E-state index contributed by atoms with van der Waals surface area (Å²) in [6.07, 6.45) is 5.52. The van der Waals surface area contributed by atoms with E-state index in [1.54, 1.807) is 0 Å². The Kier molecular flexibility index (Phi) is 4.44. The molecule has 1 saturated heterocycles. The van der Waals surface area contributed by atoms with Crippen molar-refractivity contribution in [2.45, 2.75) is 31.9 Å². The first-order valence-corrected chi connectivity index (χ1v) is 11.2. The van der Waals surface area contributed by atoms with E-state index in [-0.39, 0.29) is 0 Å². The van der Waals surface area contributed by atoms with E-state index >= 15 is 0 Å². The molecule has 2 fully saturated rings. The fraction of sp³-hybridized carbons (Fsp3) is 0.429. The van der Waals surface area contributed by atoms with Crippen LogP contribution in [0.1, 0.15) is 36.0 Å². The van der Waals surface area contributed by atoms with E-state index in [0.717, 1.165) is 66.7 Å². The highest BCUT2D eigenvalue weighted by Crippen LogP contribution is 2.31. The van der Waals surface area contributed by atoms with Crippen LogP contribution in [-0.4, -0.2) is 45.6 Å². The predicted octanol–water partition coefficient (Wildman–Crippen LogP) is 2.93. The molecule has 0 radical (unpaired) electrons. The van der Waals surface area contributed by atoms with Gasteiger partial charge in [-0.1, -0.05) is 6.07 Å². The number of hydrogen-bond acceptors (Lipinski definition) is 5. The van der Waals surface area contributed by atoms with Gasteiger partial charge >= 0.3 is 0 Å². The fourth-order valence-corrected chi connectivity index (χ4v) is 4.75. The number of anilines is 1. The van der Waals surface area contributed by atoms with Crippen LogP contribution in [0.3, 0.4) is 0 Å². The molecule has 3 heterocycles. The summed E-state index contributed by atoms with van der Waals surface area (Å²) in [5.41, 5.74) is 4.53. The van der Waals surface area contributed by atoms with E-state index < -0.39 is 10.8 Å². The molecular weight excluding hydrogens is 358 g/mol. The minimum absolute atomic E-state index is 0.394. The van der Waals surface area contributed by atoms with Gasteiger partial charge in [-0.05, 0) is 49.1 Å². The molecule has 0 bridgehead atoms. The molecule has 0 N–H and O–H groups in total. The van der Waals surface area contributed by atoms with Crippen molar-refractivity contribution in [1.82, 2.24) is 4.98 Å². The first-order chi connectivity index (χ1) is 13.3. The number of rotatable bonds is 4. The molecule has 1 aromatic heterocycles. The smallest absolute Gasteiger partial charge is 0.129 e. The third kappa shape index (κ3) is 3.63. The number of benzene rings is 1. The van der Waals surface area contributed by atoms with Crippen molar-refractivity contribution < 1.29 is 8.95 Å². The van der Waals surface area contributed by atoms with Gasteiger partial charge in [-0.3, -0.25) is 9.20 Å². The monoisotopic (exact) mass is 381 g/mol. The zero-order valence-electron chi connectivity index (χ0n) is 15.3. The lowest BCUT2D eigenvalue weighted by atomic mass is 10.0. The number of pyridine rings is 1. The fourth-order valence-electron chi connectivity index (χ4n) is 3.67. The quantitative estimate of drug-likeness (QED) is 0.817. The number of nitrogens with zero attached hydrogens (tertiary/aromatic N) is 3. The third-order valence-corrected chi connectivity index (χ3v) is 6.68. The first kappa shape index (κ1) is 16.9. The van der Waals surface area contributed by atoms with Crippen LogP contribution in [0.25, 0.3) is 0 Å². The Hall–Kier alpha value is -2.21. The summed E-state index contributed by atoms with van der Waals surface area (Å²) in [6.45, 7) is 2.42. The molecule has 1 saturated carbocycles. The second-order valence-electron chi connectivity index (χ2n) is 7.39. The van der Waals surface area contributed by atoms with Crippen LogP contribution in [0, 0.1) is 0 Å². The summed E-state index contributed by atoms with van der Waals surface area (Å²) in [7, 11) is -0.699. The number of aliphatic imine (C=N–C) groups is 1. The van der Waals surface area contributed by atoms with Gasteiger partial charge in [0.15, 0.2) is 0 Å². The summed E-state index contributed by atoms with van der Waals surface area (Å²) in [5.74, 6) is 3.40. The SMILES string of the molecule is O=S1CCCN(c2cc(C3=NCc4ccc(OC5CC5)cc43)ccn2)CC1. The number of ether oxygens (including phenoxy) is 1. The van der Waals surface area contributed by atoms with E-state index in [4.69, 9.17) is 9.73 Å². The molecule has 1 atom stereocenters. The molecule has 2 aliphatic heterocycles. The van der Waals surface area contributed by atoms with Gasteiger partial charge in [-0.15, -0.1) is 0 Å². The Labute approximate surface area is 161 Å². The number of fused-ring (bicyclic) bond motifs is 1. The standard InChI is InChI=1S/C21H23N3O2S/c25-27-10-1-8-24(9-11-27)20-12-15(6-7-22-20)21-19-13-18(26-17-4-5-17)3-2-16(19)14-23-21/h2-3,6-7,12-13,17H,1,4-5,8-11,14H2. The predicted molar refractivity (Wildman–Crippen MR) is 108 cm³/mol. The van der Waals surface area contributed by atoms with Gasteiger partial charge in [0.05, 0.1) is 18.4 Å². The second kappa shape index (κ2) is 7.08. The van der Waals surface area contributed by atoms with Crippen LogP contribution in [-0.2, 0) is 17.3 Å². The van der Waals surface area contributed by atoms with Crippen LogP contribution in [0.4, 0.5) is 5.82 Å². The second-order valence-corrected chi connectivity index (χ2v) is 9.09. The van der Waals surface area contributed by atoms with Crippen molar-refractivity contribution in [3.05, 3.63) is 53.2 Å². The molecule has 2 aromatic rings. The molecule has 0 amide bonds. The molecule has 0 spiro atoms. The van der Waals surface area contributed by atoms with Gasteiger partial charge in [-0.2, -0.15) is 0 Å². The average Bonchev–Trinajstić information content (AvgIpc) is 3.44. The van der Waals surface area contributed by atoms with Crippen LogP contribution < -0.4 is 9.64 Å². The van der Waals surface area contributed by atoms with Gasteiger partial charge in [0.2, 0.25) is 0 Å². The van der Waals surface area contributed by atoms with Crippen LogP contribution >= 0.6 is 0 Å². The molecular formula is C21H23N3O2S. The minimum atomic E-state index is -0.699. The molecule has 27 heavy (non-hydrogen) atoms. The highest BCUT2D eigenvalue weighted by atomic mass is 32.2. The topological polar surface area (TPSA) is 54.8 Å². The van der Waals surface area contributed by atoms with Crippen LogP contribution in [0.15, 0.2) is 41.5 Å². The average molecular weight is 382 g/mol. The van der Waals surface area contributed by atoms with E-state index in [9.17, 15) is 4.21 Å². The van der Waals surface area contributed by atoms with E-state index in [1.807, 2.05) is 12.3 Å². The van der Waals surface area contributed by atoms with E-state index in [0.29, 0.717) is 12.6 Å². The van der Waals surface area contributed by atoms with Crippen molar-refractivity contribution in [3.8, 4) is 5.75 Å². The lowest BCUT2D eigenvalue weighted by Crippen LogP contribution is -2.27. The molecule has 5 rings (SSSR count). The molecule has 6 heteroatoms. The van der Waals surface area contributed by atoms with Crippen molar-refractivity contribution in [1.29, 1.82) is 0 Å². The molecule has 1 unspecified atom stereocenters. The van der Waals surface area contributed by atoms with Gasteiger partial charge in [0.25, 0.3) is 0 Å². The molecule has 1 aliphatic carbocycles. The Morgan fingerprint density at radius 1 is 1.11 bits per heavy atom. The van der Waals surface area contributed by atoms with E-state index in [1.165, 1.54) is 11.1 Å². The lowest BCUT2D eigenvalue weighted by Gasteiger charge is -2.21. The summed E-state index contributed by atoms with van der Waals surface area (Å²) in [4.78, 5) is 11.6. The van der Waals surface area contributed by atoms with Crippen LogP contribution in [0.5, 0.6) is 5.75 Å². The Balaban J connectivity index is 1.42. The van der Waals surface area contributed by atoms with Gasteiger partial charge in [0.1, 0.15) is 11.6 Å². The number of hydrogen-bond donors (Lipinski definition) is 0. The minimum Gasteiger partial charge on any atom is -0.490 e. The molecule has 3 aliphatic rings. The largest absolute Gasteiger partial charge is 0.490 e. The van der Waals surface area contributed by atoms with Crippen LogP contribution in [0.2, 0.25) is 0 Å². The lowest BCUT2D eigenvalue weighted by molar-refractivity contribution is 0.303. The zero-order chi connectivity index (χ0) is 18.2. The van der Waals surface area contributed by atoms with Crippen molar-refractivity contribution in [2.75, 3.05) is 29.5 Å². The summed E-state index contributed by atoms with van der Waals surface area (Å²) < 4.78 is 17.8. The molecule has 140 valence electrons. The number of aromatic nitrogens is 1. The zero-order valence-corrected chi connectivity index (χ0v) is 16.1. The third-order valence-electron chi connectivity index (χ3n) is 5.30. The van der Waals surface area contributed by atoms with Gasteiger partial charge < -0.3 is 9.64 Å². The summed E-state index contributed by atoms with van der Waals surface area (Å²) >= 11 is 0. The maximum atomic E-state index is 11.8. The maximum Gasteiger partial charge on any atom is 0.129 e. The van der Waals surface area contributed by atoms with E-state index in [2.05, 4.69) is 34.1 Å². The Bertz CT molecular complexity index is 923. The van der Waals surface area contributed by atoms with Gasteiger partial charge in [-0.25, -0.2) is 4.98 Å². The maximum absolute atomic E-state index is 11.8. The Morgan fingerprint density at radius 2 is 2.04 bits per heavy atom.